The van der Waals surface area contributed by atoms with Crippen LogP contribution in [0.2, 0.25) is 0 Å². The first-order chi connectivity index (χ1) is 23.8. The van der Waals surface area contributed by atoms with Crippen LogP contribution >= 0.6 is 0 Å². The van der Waals surface area contributed by atoms with E-state index in [1.807, 2.05) is 36.4 Å². The summed E-state index contributed by atoms with van der Waals surface area (Å²) in [5, 5.41) is 4.51. The third-order valence-corrected chi connectivity index (χ3v) is 9.10. The van der Waals surface area contributed by atoms with Crippen LogP contribution in [0.25, 0.3) is 88.8 Å². The number of nitrogens with zero attached hydrogens (tertiary/aromatic N) is 7. The van der Waals surface area contributed by atoms with Gasteiger partial charge in [0, 0.05) is 52.0 Å². The van der Waals surface area contributed by atoms with E-state index in [4.69, 9.17) is 9.97 Å². The molecule has 0 bridgehead atoms. The standard InChI is InChI=1S/C41H25N7/c1-2-10-26(11-3-1)47-36-15-5-4-12-28(36)29-16-17-30-38-37(19-18-33-39(38)45-23-22-44-33)48(41(30)40(29)47)27-24-34(31-13-6-8-20-42-31)46-35(25-27)32-14-7-9-21-43-32/h1-25H. The molecule has 10 rings (SSSR count). The van der Waals surface area contributed by atoms with E-state index in [1.165, 1.54) is 10.8 Å². The highest BCUT2D eigenvalue weighted by molar-refractivity contribution is 6.27. The Hall–Kier alpha value is -6.73. The Bertz CT molecular complexity index is 2760. The van der Waals surface area contributed by atoms with Crippen LogP contribution in [0.5, 0.6) is 0 Å². The van der Waals surface area contributed by atoms with E-state index < -0.39 is 0 Å². The molecule has 0 radical (unpaired) electrons. The number of benzene rings is 4. The van der Waals surface area contributed by atoms with E-state index in [0.717, 1.165) is 78.0 Å². The van der Waals surface area contributed by atoms with Crippen LogP contribution < -0.4 is 0 Å². The van der Waals surface area contributed by atoms with E-state index in [2.05, 4.69) is 115 Å². The summed E-state index contributed by atoms with van der Waals surface area (Å²) in [6.07, 6.45) is 7.13. The average molecular weight is 616 g/mol. The summed E-state index contributed by atoms with van der Waals surface area (Å²) in [6, 6.07) is 44.0. The van der Waals surface area contributed by atoms with E-state index in [1.54, 1.807) is 24.8 Å². The highest BCUT2D eigenvalue weighted by Gasteiger charge is 2.23. The van der Waals surface area contributed by atoms with Crippen LogP contribution in [0.4, 0.5) is 0 Å². The van der Waals surface area contributed by atoms with Crippen molar-refractivity contribution in [1.29, 1.82) is 0 Å². The number of hydrogen-bond donors (Lipinski definition) is 0. The first kappa shape index (κ1) is 26.5. The van der Waals surface area contributed by atoms with Crippen LogP contribution in [0.3, 0.4) is 0 Å². The molecule has 0 atom stereocenters. The Morgan fingerprint density at radius 3 is 1.79 bits per heavy atom. The number of aromatic nitrogens is 7. The van der Waals surface area contributed by atoms with Gasteiger partial charge in [0.2, 0.25) is 0 Å². The largest absolute Gasteiger partial charge is 0.307 e. The molecule has 4 aromatic carbocycles. The predicted molar refractivity (Wildman–Crippen MR) is 192 cm³/mol. The van der Waals surface area contributed by atoms with Gasteiger partial charge in [0.25, 0.3) is 0 Å². The highest BCUT2D eigenvalue weighted by atomic mass is 15.1. The van der Waals surface area contributed by atoms with E-state index >= 15 is 0 Å². The van der Waals surface area contributed by atoms with Crippen LogP contribution in [-0.4, -0.2) is 34.1 Å². The number of fused-ring (bicyclic) bond motifs is 9. The van der Waals surface area contributed by atoms with E-state index in [0.29, 0.717) is 0 Å². The van der Waals surface area contributed by atoms with Crippen molar-refractivity contribution in [3.8, 4) is 34.2 Å². The van der Waals surface area contributed by atoms with Gasteiger partial charge in [-0.3, -0.25) is 19.9 Å². The summed E-state index contributed by atoms with van der Waals surface area (Å²) in [5.74, 6) is 0. The Labute approximate surface area is 274 Å². The minimum absolute atomic E-state index is 0.764. The summed E-state index contributed by atoms with van der Waals surface area (Å²) in [6.45, 7) is 0. The molecule has 0 aliphatic rings. The Morgan fingerprint density at radius 2 is 1.04 bits per heavy atom. The molecule has 48 heavy (non-hydrogen) atoms. The van der Waals surface area contributed by atoms with E-state index in [9.17, 15) is 0 Å². The molecule has 0 saturated heterocycles. The van der Waals surface area contributed by atoms with Gasteiger partial charge in [-0.25, -0.2) is 4.98 Å². The third kappa shape index (κ3) is 3.91. The molecule has 6 heterocycles. The van der Waals surface area contributed by atoms with Gasteiger partial charge in [0.15, 0.2) is 0 Å². The molecule has 0 saturated carbocycles. The predicted octanol–water partition coefficient (Wildman–Crippen LogP) is 9.34. The maximum Gasteiger partial charge on any atom is 0.0986 e. The first-order valence-corrected chi connectivity index (χ1v) is 15.8. The molecular weight excluding hydrogens is 591 g/mol. The Morgan fingerprint density at radius 1 is 0.396 bits per heavy atom. The molecule has 0 amide bonds. The summed E-state index contributed by atoms with van der Waals surface area (Å²) in [7, 11) is 0. The van der Waals surface area contributed by atoms with E-state index in [-0.39, 0.29) is 0 Å². The molecule has 6 aromatic heterocycles. The monoisotopic (exact) mass is 615 g/mol. The van der Waals surface area contributed by atoms with Gasteiger partial charge in [0.1, 0.15) is 0 Å². The quantitative estimate of drug-likeness (QED) is 0.197. The Balaban J connectivity index is 1.44. The zero-order chi connectivity index (χ0) is 31.6. The first-order valence-electron chi connectivity index (χ1n) is 15.8. The van der Waals surface area contributed by atoms with Crippen molar-refractivity contribution in [3.63, 3.8) is 0 Å². The van der Waals surface area contributed by atoms with Gasteiger partial charge < -0.3 is 9.13 Å². The molecule has 0 N–H and O–H groups in total. The second kappa shape index (κ2) is 10.4. The molecule has 10 aromatic rings. The van der Waals surface area contributed by atoms with Crippen molar-refractivity contribution < 1.29 is 0 Å². The number of rotatable bonds is 4. The van der Waals surface area contributed by atoms with Crippen LogP contribution in [0.15, 0.2) is 152 Å². The lowest BCUT2D eigenvalue weighted by Crippen LogP contribution is -2.01. The van der Waals surface area contributed by atoms with Crippen molar-refractivity contribution in [1.82, 2.24) is 34.1 Å². The lowest BCUT2D eigenvalue weighted by molar-refractivity contribution is 1.13. The smallest absolute Gasteiger partial charge is 0.0986 e. The maximum absolute atomic E-state index is 5.09. The molecule has 0 spiro atoms. The molecule has 7 heteroatoms. The lowest BCUT2D eigenvalue weighted by atomic mass is 10.1. The van der Waals surface area contributed by atoms with Gasteiger partial charge >= 0.3 is 0 Å². The minimum Gasteiger partial charge on any atom is -0.307 e. The van der Waals surface area contributed by atoms with Gasteiger partial charge in [0.05, 0.1) is 61.6 Å². The van der Waals surface area contributed by atoms with Gasteiger partial charge in [-0.2, -0.15) is 0 Å². The van der Waals surface area contributed by atoms with Crippen LogP contribution in [-0.2, 0) is 0 Å². The van der Waals surface area contributed by atoms with Crippen molar-refractivity contribution in [2.45, 2.75) is 0 Å². The van der Waals surface area contributed by atoms with Crippen molar-refractivity contribution in [2.75, 3.05) is 0 Å². The minimum atomic E-state index is 0.764. The molecular formula is C41H25N7. The zero-order valence-corrected chi connectivity index (χ0v) is 25.6. The van der Waals surface area contributed by atoms with Crippen LogP contribution in [0.1, 0.15) is 0 Å². The second-order valence-corrected chi connectivity index (χ2v) is 11.8. The number of hydrogen-bond acceptors (Lipinski definition) is 5. The second-order valence-electron chi connectivity index (χ2n) is 11.8. The van der Waals surface area contributed by atoms with Gasteiger partial charge in [-0.05, 0) is 66.7 Å². The summed E-state index contributed by atoms with van der Waals surface area (Å²) in [4.78, 5) is 24.0. The third-order valence-electron chi connectivity index (χ3n) is 9.10. The average Bonchev–Trinajstić information content (AvgIpc) is 3.69. The van der Waals surface area contributed by atoms with Gasteiger partial charge in [-0.15, -0.1) is 0 Å². The summed E-state index contributed by atoms with van der Waals surface area (Å²) < 4.78 is 4.75. The lowest BCUT2D eigenvalue weighted by Gasteiger charge is -2.14. The molecule has 0 aliphatic heterocycles. The van der Waals surface area contributed by atoms with Gasteiger partial charge in [-0.1, -0.05) is 60.7 Å². The fraction of sp³-hybridized carbons (Fsp3) is 0. The molecule has 7 nitrogen and oxygen atoms in total. The number of para-hydroxylation sites is 2. The molecule has 0 unspecified atom stereocenters. The summed E-state index contributed by atoms with van der Waals surface area (Å²) >= 11 is 0. The molecule has 0 aliphatic carbocycles. The number of pyridine rings is 3. The fourth-order valence-electron chi connectivity index (χ4n) is 7.12. The zero-order valence-electron chi connectivity index (χ0n) is 25.6. The summed E-state index contributed by atoms with van der Waals surface area (Å²) in [5.41, 5.74) is 11.2. The normalized spacial score (nSPS) is 11.8. The Kier molecular flexibility index (Phi) is 5.74. The molecule has 0 fully saturated rings. The SMILES string of the molecule is c1ccc(-n2c3ccccc3c3ccc4c5c6nccnc6ccc5n(-c5cc(-c6ccccn6)nc(-c6ccccn6)c5)c4c32)cc1. The van der Waals surface area contributed by atoms with Crippen LogP contribution in [0, 0.1) is 0 Å². The topological polar surface area (TPSA) is 74.3 Å². The van der Waals surface area contributed by atoms with Crippen molar-refractivity contribution in [2.24, 2.45) is 0 Å². The van der Waals surface area contributed by atoms with Crippen molar-refractivity contribution in [3.05, 3.63) is 152 Å². The fourth-order valence-corrected chi connectivity index (χ4v) is 7.12. The van der Waals surface area contributed by atoms with Crippen molar-refractivity contribution >= 4 is 54.6 Å². The molecule has 224 valence electrons. The maximum atomic E-state index is 5.09. The highest BCUT2D eigenvalue weighted by Crippen LogP contribution is 2.43.